The SMILES string of the molecule is O=C(/C=C/c1ccc(Cl)cc1)C1Oc2ccccc2C1O. The van der Waals surface area contributed by atoms with E-state index in [0.717, 1.165) is 5.56 Å². The molecule has 0 bridgehead atoms. The van der Waals surface area contributed by atoms with Gasteiger partial charge in [-0.1, -0.05) is 48.0 Å². The van der Waals surface area contributed by atoms with Crippen molar-refractivity contribution in [2.45, 2.75) is 12.2 Å². The van der Waals surface area contributed by atoms with Crippen molar-refractivity contribution in [2.75, 3.05) is 0 Å². The standard InChI is InChI=1S/C17H13ClO3/c18-12-8-5-11(6-9-12)7-10-14(19)17-16(20)13-3-1-2-4-15(13)21-17/h1-10,16-17,20H/b10-7+. The van der Waals surface area contributed by atoms with E-state index in [1.807, 2.05) is 24.3 Å². The third kappa shape index (κ3) is 2.84. The minimum atomic E-state index is -0.927. The van der Waals surface area contributed by atoms with Gasteiger partial charge in [0.25, 0.3) is 0 Å². The molecule has 3 nitrogen and oxygen atoms in total. The summed E-state index contributed by atoms with van der Waals surface area (Å²) in [5.41, 5.74) is 1.51. The fraction of sp³-hybridized carbons (Fsp3) is 0.118. The van der Waals surface area contributed by atoms with Gasteiger partial charge in [0.2, 0.25) is 0 Å². The van der Waals surface area contributed by atoms with Gasteiger partial charge in [-0.25, -0.2) is 0 Å². The van der Waals surface area contributed by atoms with E-state index >= 15 is 0 Å². The van der Waals surface area contributed by atoms with Crippen LogP contribution in [0.2, 0.25) is 5.02 Å². The monoisotopic (exact) mass is 300 g/mol. The van der Waals surface area contributed by atoms with Gasteiger partial charge < -0.3 is 9.84 Å². The lowest BCUT2D eigenvalue weighted by Crippen LogP contribution is -2.27. The molecule has 1 N–H and O–H groups in total. The number of para-hydroxylation sites is 1. The summed E-state index contributed by atoms with van der Waals surface area (Å²) in [7, 11) is 0. The van der Waals surface area contributed by atoms with Crippen LogP contribution in [0.5, 0.6) is 5.75 Å². The lowest BCUT2D eigenvalue weighted by Gasteiger charge is -2.10. The topological polar surface area (TPSA) is 46.5 Å². The molecule has 0 aliphatic carbocycles. The van der Waals surface area contributed by atoms with Crippen LogP contribution in [0, 0.1) is 0 Å². The Morgan fingerprint density at radius 1 is 1.14 bits per heavy atom. The molecule has 0 saturated carbocycles. The number of rotatable bonds is 3. The summed E-state index contributed by atoms with van der Waals surface area (Å²) in [6, 6.07) is 14.2. The minimum Gasteiger partial charge on any atom is -0.479 e. The molecule has 1 heterocycles. The number of carbonyl (C=O) groups excluding carboxylic acids is 1. The van der Waals surface area contributed by atoms with Gasteiger partial charge >= 0.3 is 0 Å². The second-order valence-corrected chi connectivity index (χ2v) is 5.24. The molecule has 0 spiro atoms. The van der Waals surface area contributed by atoms with E-state index in [-0.39, 0.29) is 5.78 Å². The Balaban J connectivity index is 1.74. The van der Waals surface area contributed by atoms with Crippen molar-refractivity contribution in [2.24, 2.45) is 0 Å². The van der Waals surface area contributed by atoms with E-state index in [1.54, 1.807) is 30.3 Å². The molecule has 1 aliphatic rings. The Bertz CT molecular complexity index is 691. The second-order valence-electron chi connectivity index (χ2n) is 4.81. The Labute approximate surface area is 127 Å². The molecule has 2 atom stereocenters. The normalized spacial score (nSPS) is 20.3. The lowest BCUT2D eigenvalue weighted by molar-refractivity contribution is -0.124. The summed E-state index contributed by atoms with van der Waals surface area (Å²) in [6.45, 7) is 0. The summed E-state index contributed by atoms with van der Waals surface area (Å²) in [6.07, 6.45) is 1.29. The van der Waals surface area contributed by atoms with E-state index in [9.17, 15) is 9.90 Å². The lowest BCUT2D eigenvalue weighted by atomic mass is 10.0. The Hall–Kier alpha value is -2.10. The van der Waals surface area contributed by atoms with Gasteiger partial charge in [0.05, 0.1) is 0 Å². The molecule has 0 amide bonds. The van der Waals surface area contributed by atoms with Crippen LogP contribution >= 0.6 is 11.6 Å². The number of hydrogen-bond donors (Lipinski definition) is 1. The molecular weight excluding hydrogens is 288 g/mol. The average Bonchev–Trinajstić information content (AvgIpc) is 2.84. The van der Waals surface area contributed by atoms with Crippen LogP contribution in [0.3, 0.4) is 0 Å². The fourth-order valence-corrected chi connectivity index (χ4v) is 2.38. The number of ketones is 1. The predicted octanol–water partition coefficient (Wildman–Crippen LogP) is 3.42. The molecular formula is C17H13ClO3. The summed E-state index contributed by atoms with van der Waals surface area (Å²) in [5, 5.41) is 10.8. The van der Waals surface area contributed by atoms with Crippen molar-refractivity contribution in [1.82, 2.24) is 0 Å². The summed E-state index contributed by atoms with van der Waals surface area (Å²) in [5.74, 6) is 0.289. The largest absolute Gasteiger partial charge is 0.479 e. The van der Waals surface area contributed by atoms with E-state index < -0.39 is 12.2 Å². The Morgan fingerprint density at radius 3 is 2.57 bits per heavy atom. The smallest absolute Gasteiger partial charge is 0.199 e. The number of aliphatic hydroxyl groups excluding tert-OH is 1. The molecule has 2 aromatic carbocycles. The Morgan fingerprint density at radius 2 is 1.86 bits per heavy atom. The van der Waals surface area contributed by atoms with Crippen molar-refractivity contribution >= 4 is 23.5 Å². The molecule has 0 radical (unpaired) electrons. The van der Waals surface area contributed by atoms with Gasteiger partial charge in [0, 0.05) is 10.6 Å². The van der Waals surface area contributed by atoms with E-state index in [4.69, 9.17) is 16.3 Å². The van der Waals surface area contributed by atoms with Crippen LogP contribution in [0.25, 0.3) is 6.08 Å². The van der Waals surface area contributed by atoms with Crippen LogP contribution in [0.4, 0.5) is 0 Å². The second kappa shape index (κ2) is 5.72. The Kier molecular flexibility index (Phi) is 3.78. The number of halogens is 1. The molecule has 1 aliphatic heterocycles. The third-order valence-electron chi connectivity index (χ3n) is 3.37. The van der Waals surface area contributed by atoms with Gasteiger partial charge in [-0.3, -0.25) is 4.79 Å². The number of benzene rings is 2. The zero-order valence-electron chi connectivity index (χ0n) is 11.1. The van der Waals surface area contributed by atoms with Crippen LogP contribution in [-0.2, 0) is 4.79 Å². The first-order valence-electron chi connectivity index (χ1n) is 6.56. The number of fused-ring (bicyclic) bond motifs is 1. The summed E-state index contributed by atoms with van der Waals surface area (Å²) < 4.78 is 5.52. The van der Waals surface area contributed by atoms with E-state index in [1.165, 1.54) is 6.08 Å². The zero-order chi connectivity index (χ0) is 14.8. The zero-order valence-corrected chi connectivity index (χ0v) is 11.8. The third-order valence-corrected chi connectivity index (χ3v) is 3.62. The van der Waals surface area contributed by atoms with E-state index in [0.29, 0.717) is 16.3 Å². The number of aliphatic hydroxyl groups is 1. The van der Waals surface area contributed by atoms with Crippen molar-refractivity contribution in [3.05, 3.63) is 70.8 Å². The predicted molar refractivity (Wildman–Crippen MR) is 81.3 cm³/mol. The number of hydrogen-bond acceptors (Lipinski definition) is 3. The molecule has 2 aromatic rings. The first-order valence-corrected chi connectivity index (χ1v) is 6.94. The van der Waals surface area contributed by atoms with E-state index in [2.05, 4.69) is 0 Å². The first-order chi connectivity index (χ1) is 10.1. The summed E-state index contributed by atoms with van der Waals surface area (Å²) >= 11 is 5.80. The van der Waals surface area contributed by atoms with Gasteiger partial charge in [-0.2, -0.15) is 0 Å². The van der Waals surface area contributed by atoms with Gasteiger partial charge in [-0.15, -0.1) is 0 Å². The maximum atomic E-state index is 12.2. The highest BCUT2D eigenvalue weighted by Crippen LogP contribution is 2.36. The maximum absolute atomic E-state index is 12.2. The van der Waals surface area contributed by atoms with Crippen LogP contribution < -0.4 is 4.74 Å². The van der Waals surface area contributed by atoms with Crippen molar-refractivity contribution in [3.63, 3.8) is 0 Å². The van der Waals surface area contributed by atoms with Crippen LogP contribution in [0.1, 0.15) is 17.2 Å². The summed E-state index contributed by atoms with van der Waals surface area (Å²) in [4.78, 5) is 12.2. The first kappa shape index (κ1) is 13.9. The highest BCUT2D eigenvalue weighted by atomic mass is 35.5. The highest BCUT2D eigenvalue weighted by Gasteiger charge is 2.36. The molecule has 21 heavy (non-hydrogen) atoms. The molecule has 2 unspecified atom stereocenters. The minimum absolute atomic E-state index is 0.270. The number of ether oxygens (including phenoxy) is 1. The quantitative estimate of drug-likeness (QED) is 0.884. The molecule has 0 aromatic heterocycles. The highest BCUT2D eigenvalue weighted by molar-refractivity contribution is 6.30. The van der Waals surface area contributed by atoms with Gasteiger partial charge in [0.1, 0.15) is 11.9 Å². The van der Waals surface area contributed by atoms with Gasteiger partial charge in [-0.05, 0) is 29.8 Å². The average molecular weight is 301 g/mol. The molecule has 0 saturated heterocycles. The van der Waals surface area contributed by atoms with Crippen molar-refractivity contribution in [3.8, 4) is 5.75 Å². The molecule has 4 heteroatoms. The van der Waals surface area contributed by atoms with Crippen molar-refractivity contribution in [1.29, 1.82) is 0 Å². The molecule has 3 rings (SSSR count). The van der Waals surface area contributed by atoms with Crippen LogP contribution in [0.15, 0.2) is 54.6 Å². The van der Waals surface area contributed by atoms with Gasteiger partial charge in [0.15, 0.2) is 11.9 Å². The number of carbonyl (C=O) groups is 1. The maximum Gasteiger partial charge on any atom is 0.199 e. The molecule has 0 fully saturated rings. The van der Waals surface area contributed by atoms with Crippen LogP contribution in [-0.4, -0.2) is 17.0 Å². The van der Waals surface area contributed by atoms with Crippen molar-refractivity contribution < 1.29 is 14.6 Å². The fourth-order valence-electron chi connectivity index (χ4n) is 2.26. The molecule has 106 valence electrons.